The molecule has 2 rings (SSSR count). The van der Waals surface area contributed by atoms with Crippen LogP contribution in [0.25, 0.3) is 0 Å². The van der Waals surface area contributed by atoms with E-state index < -0.39 is 0 Å². The molecule has 1 aromatic heterocycles. The van der Waals surface area contributed by atoms with Crippen molar-refractivity contribution in [2.45, 2.75) is 0 Å². The summed E-state index contributed by atoms with van der Waals surface area (Å²) in [6.45, 7) is 0. The summed E-state index contributed by atoms with van der Waals surface area (Å²) >= 11 is 0. The Balaban J connectivity index is 2.25. The minimum absolute atomic E-state index is 0.0148. The number of carbonyl (C=O) groups is 1. The SMILES string of the molecule is CN(C)c1ccc(C(=O)c2ccoc2)cc1. The molecule has 0 bridgehead atoms. The predicted molar refractivity (Wildman–Crippen MR) is 62.9 cm³/mol. The van der Waals surface area contributed by atoms with Gasteiger partial charge in [0.25, 0.3) is 0 Å². The molecule has 1 aromatic carbocycles. The van der Waals surface area contributed by atoms with Gasteiger partial charge in [0.1, 0.15) is 6.26 Å². The number of nitrogens with zero attached hydrogens (tertiary/aromatic N) is 1. The van der Waals surface area contributed by atoms with Crippen molar-refractivity contribution in [1.29, 1.82) is 0 Å². The average molecular weight is 215 g/mol. The molecule has 0 saturated heterocycles. The third-order valence-corrected chi connectivity index (χ3v) is 2.43. The first-order valence-corrected chi connectivity index (χ1v) is 5.03. The van der Waals surface area contributed by atoms with Crippen LogP contribution in [0.1, 0.15) is 15.9 Å². The second-order valence-corrected chi connectivity index (χ2v) is 3.78. The van der Waals surface area contributed by atoms with Crippen LogP contribution in [0.15, 0.2) is 47.3 Å². The topological polar surface area (TPSA) is 33.5 Å². The van der Waals surface area contributed by atoms with E-state index in [9.17, 15) is 4.79 Å². The zero-order valence-corrected chi connectivity index (χ0v) is 9.31. The highest BCUT2D eigenvalue weighted by molar-refractivity contribution is 6.08. The van der Waals surface area contributed by atoms with Crippen LogP contribution in [0.5, 0.6) is 0 Å². The van der Waals surface area contributed by atoms with Gasteiger partial charge in [-0.25, -0.2) is 0 Å². The summed E-state index contributed by atoms with van der Waals surface area (Å²) in [5.41, 5.74) is 2.33. The van der Waals surface area contributed by atoms with Gasteiger partial charge in [0.05, 0.1) is 11.8 Å². The molecule has 0 radical (unpaired) electrons. The first kappa shape index (κ1) is 10.5. The zero-order chi connectivity index (χ0) is 11.5. The fraction of sp³-hybridized carbons (Fsp3) is 0.154. The fourth-order valence-corrected chi connectivity index (χ4v) is 1.47. The summed E-state index contributed by atoms with van der Waals surface area (Å²) < 4.78 is 4.89. The number of ketones is 1. The minimum atomic E-state index is -0.0148. The maximum absolute atomic E-state index is 11.9. The van der Waals surface area contributed by atoms with E-state index in [0.717, 1.165) is 5.69 Å². The number of rotatable bonds is 3. The molecule has 0 aliphatic carbocycles. The van der Waals surface area contributed by atoms with Gasteiger partial charge in [-0.05, 0) is 30.3 Å². The minimum Gasteiger partial charge on any atom is -0.472 e. The number of benzene rings is 1. The van der Waals surface area contributed by atoms with Crippen LogP contribution in [-0.4, -0.2) is 19.9 Å². The number of hydrogen-bond donors (Lipinski definition) is 0. The van der Waals surface area contributed by atoms with Crippen LogP contribution in [-0.2, 0) is 0 Å². The Bertz CT molecular complexity index is 469. The molecule has 82 valence electrons. The molecule has 1 heterocycles. The van der Waals surface area contributed by atoms with Crippen molar-refractivity contribution in [3.8, 4) is 0 Å². The van der Waals surface area contributed by atoms with Crippen molar-refractivity contribution in [1.82, 2.24) is 0 Å². The number of furan rings is 1. The lowest BCUT2D eigenvalue weighted by molar-refractivity contribution is 0.103. The molecule has 0 N–H and O–H groups in total. The van der Waals surface area contributed by atoms with Gasteiger partial charge >= 0.3 is 0 Å². The second-order valence-electron chi connectivity index (χ2n) is 3.78. The van der Waals surface area contributed by atoms with Gasteiger partial charge in [-0.3, -0.25) is 4.79 Å². The van der Waals surface area contributed by atoms with Gasteiger partial charge < -0.3 is 9.32 Å². The molecule has 3 nitrogen and oxygen atoms in total. The van der Waals surface area contributed by atoms with Crippen LogP contribution in [0.2, 0.25) is 0 Å². The van der Waals surface area contributed by atoms with E-state index in [2.05, 4.69) is 0 Å². The first-order chi connectivity index (χ1) is 7.68. The van der Waals surface area contributed by atoms with Crippen molar-refractivity contribution in [3.05, 3.63) is 54.0 Å². The van der Waals surface area contributed by atoms with E-state index in [-0.39, 0.29) is 5.78 Å². The Kier molecular flexibility index (Phi) is 2.77. The lowest BCUT2D eigenvalue weighted by Gasteiger charge is -2.12. The Hall–Kier alpha value is -2.03. The van der Waals surface area contributed by atoms with Crippen LogP contribution < -0.4 is 4.90 Å². The van der Waals surface area contributed by atoms with Gasteiger partial charge in [0.15, 0.2) is 5.78 Å². The van der Waals surface area contributed by atoms with Crippen molar-refractivity contribution in [2.75, 3.05) is 19.0 Å². The highest BCUT2D eigenvalue weighted by atomic mass is 16.3. The van der Waals surface area contributed by atoms with Crippen LogP contribution in [0, 0.1) is 0 Å². The highest BCUT2D eigenvalue weighted by Crippen LogP contribution is 2.15. The van der Waals surface area contributed by atoms with Crippen molar-refractivity contribution in [3.63, 3.8) is 0 Å². The highest BCUT2D eigenvalue weighted by Gasteiger charge is 2.09. The molecular weight excluding hydrogens is 202 g/mol. The summed E-state index contributed by atoms with van der Waals surface area (Å²) in [4.78, 5) is 13.9. The fourth-order valence-electron chi connectivity index (χ4n) is 1.47. The van der Waals surface area contributed by atoms with E-state index in [1.165, 1.54) is 12.5 Å². The summed E-state index contributed by atoms with van der Waals surface area (Å²) in [6, 6.07) is 9.16. The molecule has 0 unspecified atom stereocenters. The van der Waals surface area contributed by atoms with E-state index >= 15 is 0 Å². The quantitative estimate of drug-likeness (QED) is 0.738. The van der Waals surface area contributed by atoms with Crippen LogP contribution >= 0.6 is 0 Å². The summed E-state index contributed by atoms with van der Waals surface area (Å²) in [5.74, 6) is -0.0148. The summed E-state index contributed by atoms with van der Waals surface area (Å²) in [7, 11) is 3.93. The summed E-state index contributed by atoms with van der Waals surface area (Å²) in [5, 5.41) is 0. The largest absolute Gasteiger partial charge is 0.472 e. The molecule has 0 aliphatic heterocycles. The average Bonchev–Trinajstić information content (AvgIpc) is 2.81. The lowest BCUT2D eigenvalue weighted by atomic mass is 10.1. The van der Waals surface area contributed by atoms with E-state index in [1.807, 2.05) is 43.3 Å². The van der Waals surface area contributed by atoms with Crippen LogP contribution in [0.4, 0.5) is 5.69 Å². The van der Waals surface area contributed by atoms with E-state index in [1.54, 1.807) is 6.07 Å². The Morgan fingerprint density at radius 3 is 2.25 bits per heavy atom. The molecule has 0 amide bonds. The normalized spacial score (nSPS) is 10.1. The molecule has 0 fully saturated rings. The van der Waals surface area contributed by atoms with Crippen LogP contribution in [0.3, 0.4) is 0 Å². The monoisotopic (exact) mass is 215 g/mol. The van der Waals surface area contributed by atoms with Gasteiger partial charge in [0, 0.05) is 25.3 Å². The number of anilines is 1. The third kappa shape index (κ3) is 1.98. The first-order valence-electron chi connectivity index (χ1n) is 5.03. The predicted octanol–water partition coefficient (Wildman–Crippen LogP) is 2.58. The molecule has 3 heteroatoms. The Morgan fingerprint density at radius 1 is 1.06 bits per heavy atom. The Morgan fingerprint density at radius 2 is 1.75 bits per heavy atom. The maximum Gasteiger partial charge on any atom is 0.196 e. The molecule has 0 spiro atoms. The third-order valence-electron chi connectivity index (χ3n) is 2.43. The smallest absolute Gasteiger partial charge is 0.196 e. The molecule has 0 atom stereocenters. The van der Waals surface area contributed by atoms with Crippen molar-refractivity contribution < 1.29 is 9.21 Å². The van der Waals surface area contributed by atoms with Gasteiger partial charge in [-0.1, -0.05) is 0 Å². The van der Waals surface area contributed by atoms with Crippen molar-refractivity contribution >= 4 is 11.5 Å². The van der Waals surface area contributed by atoms with Gasteiger partial charge in [-0.15, -0.1) is 0 Å². The second kappa shape index (κ2) is 4.23. The molecule has 0 saturated carbocycles. The van der Waals surface area contributed by atoms with E-state index in [0.29, 0.717) is 11.1 Å². The molecule has 0 aliphatic rings. The molecule has 16 heavy (non-hydrogen) atoms. The molecular formula is C13H13NO2. The lowest BCUT2D eigenvalue weighted by Crippen LogP contribution is -2.08. The Labute approximate surface area is 94.3 Å². The maximum atomic E-state index is 11.9. The zero-order valence-electron chi connectivity index (χ0n) is 9.31. The molecule has 2 aromatic rings. The van der Waals surface area contributed by atoms with E-state index in [4.69, 9.17) is 4.42 Å². The van der Waals surface area contributed by atoms with Gasteiger partial charge in [-0.2, -0.15) is 0 Å². The number of hydrogen-bond acceptors (Lipinski definition) is 3. The number of carbonyl (C=O) groups excluding carboxylic acids is 1. The van der Waals surface area contributed by atoms with Gasteiger partial charge in [0.2, 0.25) is 0 Å². The van der Waals surface area contributed by atoms with Crippen molar-refractivity contribution in [2.24, 2.45) is 0 Å². The standard InChI is InChI=1S/C13H13NO2/c1-14(2)12-5-3-10(4-6-12)13(15)11-7-8-16-9-11/h3-9H,1-2H3. The summed E-state index contributed by atoms with van der Waals surface area (Å²) in [6.07, 6.45) is 2.96.